The molecule has 20 heavy (non-hydrogen) atoms. The van der Waals surface area contributed by atoms with E-state index in [9.17, 15) is 5.11 Å². The predicted octanol–water partition coefficient (Wildman–Crippen LogP) is 3.34. The Morgan fingerprint density at radius 2 is 1.70 bits per heavy atom. The number of hydrogen-bond donors (Lipinski definition) is 1. The van der Waals surface area contributed by atoms with E-state index in [1.807, 2.05) is 18.5 Å². The van der Waals surface area contributed by atoms with Crippen LogP contribution in [0.2, 0.25) is 0 Å². The molecule has 0 unspecified atom stereocenters. The van der Waals surface area contributed by atoms with Crippen LogP contribution in [0.15, 0.2) is 24.3 Å². The molecule has 0 saturated carbocycles. The zero-order valence-corrected chi connectivity index (χ0v) is 13.1. The van der Waals surface area contributed by atoms with Crippen molar-refractivity contribution in [3.8, 4) is 0 Å². The van der Waals surface area contributed by atoms with E-state index in [4.69, 9.17) is 0 Å². The maximum absolute atomic E-state index is 9.35. The van der Waals surface area contributed by atoms with E-state index in [1.54, 1.807) is 0 Å². The molecule has 2 rings (SSSR count). The Kier molecular flexibility index (Phi) is 4.00. The minimum atomic E-state index is 0.0562. The van der Waals surface area contributed by atoms with Crippen molar-refractivity contribution in [3.05, 3.63) is 52.3 Å². The van der Waals surface area contributed by atoms with Gasteiger partial charge in [0.05, 0.1) is 18.8 Å². The average molecular weight is 272 g/mol. The molecule has 3 heteroatoms. The summed E-state index contributed by atoms with van der Waals surface area (Å²) in [4.78, 5) is 0. The van der Waals surface area contributed by atoms with Gasteiger partial charge in [-0.1, -0.05) is 45.0 Å². The number of aliphatic hydroxyl groups excluding tert-OH is 1. The number of nitrogens with zero attached hydrogens (tertiary/aromatic N) is 2. The summed E-state index contributed by atoms with van der Waals surface area (Å²) in [7, 11) is 0. The van der Waals surface area contributed by atoms with Gasteiger partial charge in [0.1, 0.15) is 0 Å². The van der Waals surface area contributed by atoms with Crippen LogP contribution >= 0.6 is 0 Å². The van der Waals surface area contributed by atoms with Crippen LogP contribution in [0, 0.1) is 13.8 Å². The SMILES string of the molecule is Cc1nn(Cc2ccc(C(C)(C)C)cc2)c(C)c1CO. The fraction of sp³-hybridized carbons (Fsp3) is 0.471. The van der Waals surface area contributed by atoms with Crippen LogP contribution in [0.5, 0.6) is 0 Å². The molecule has 2 aromatic rings. The van der Waals surface area contributed by atoms with E-state index >= 15 is 0 Å². The number of rotatable bonds is 3. The molecule has 1 heterocycles. The van der Waals surface area contributed by atoms with Gasteiger partial charge in [-0.25, -0.2) is 0 Å². The lowest BCUT2D eigenvalue weighted by molar-refractivity contribution is 0.280. The Morgan fingerprint density at radius 3 is 2.15 bits per heavy atom. The third kappa shape index (κ3) is 2.93. The molecule has 0 aliphatic carbocycles. The van der Waals surface area contributed by atoms with Crippen LogP contribution < -0.4 is 0 Å². The Hall–Kier alpha value is -1.61. The van der Waals surface area contributed by atoms with E-state index in [2.05, 4.69) is 50.1 Å². The zero-order valence-electron chi connectivity index (χ0n) is 13.1. The van der Waals surface area contributed by atoms with Crippen LogP contribution in [0.1, 0.15) is 48.8 Å². The number of aliphatic hydroxyl groups is 1. The molecule has 3 nitrogen and oxygen atoms in total. The van der Waals surface area contributed by atoms with Crippen LogP contribution in [-0.4, -0.2) is 14.9 Å². The topological polar surface area (TPSA) is 38.0 Å². The highest BCUT2D eigenvalue weighted by atomic mass is 16.3. The smallest absolute Gasteiger partial charge is 0.0718 e. The summed E-state index contributed by atoms with van der Waals surface area (Å²) in [6.45, 7) is 11.4. The van der Waals surface area contributed by atoms with E-state index in [1.165, 1.54) is 11.1 Å². The first kappa shape index (κ1) is 14.8. The minimum absolute atomic E-state index is 0.0562. The van der Waals surface area contributed by atoms with Crippen molar-refractivity contribution in [1.82, 2.24) is 9.78 Å². The Labute approximate surface area is 121 Å². The highest BCUT2D eigenvalue weighted by Crippen LogP contribution is 2.22. The van der Waals surface area contributed by atoms with Gasteiger partial charge < -0.3 is 5.11 Å². The van der Waals surface area contributed by atoms with Gasteiger partial charge in [0, 0.05) is 11.3 Å². The molecule has 0 aliphatic rings. The van der Waals surface area contributed by atoms with Crippen LogP contribution in [0.4, 0.5) is 0 Å². The summed E-state index contributed by atoms with van der Waals surface area (Å²) >= 11 is 0. The third-order valence-electron chi connectivity index (χ3n) is 3.84. The van der Waals surface area contributed by atoms with Crippen molar-refractivity contribution in [2.45, 2.75) is 53.2 Å². The van der Waals surface area contributed by atoms with Crippen LogP contribution in [-0.2, 0) is 18.6 Å². The monoisotopic (exact) mass is 272 g/mol. The van der Waals surface area contributed by atoms with E-state index in [0.29, 0.717) is 0 Å². The Bertz CT molecular complexity index is 589. The Morgan fingerprint density at radius 1 is 1.10 bits per heavy atom. The highest BCUT2D eigenvalue weighted by Gasteiger charge is 2.14. The second-order valence-electron chi connectivity index (χ2n) is 6.41. The first-order valence-corrected chi connectivity index (χ1v) is 7.06. The molecule has 0 atom stereocenters. The van der Waals surface area contributed by atoms with Gasteiger partial charge in [0.25, 0.3) is 0 Å². The second kappa shape index (κ2) is 5.41. The summed E-state index contributed by atoms with van der Waals surface area (Å²) < 4.78 is 1.97. The molecular weight excluding hydrogens is 248 g/mol. The summed E-state index contributed by atoms with van der Waals surface area (Å²) in [5.74, 6) is 0. The molecule has 0 saturated heterocycles. The summed E-state index contributed by atoms with van der Waals surface area (Å²) in [5, 5.41) is 13.9. The van der Waals surface area contributed by atoms with Gasteiger partial charge >= 0.3 is 0 Å². The third-order valence-corrected chi connectivity index (χ3v) is 3.84. The van der Waals surface area contributed by atoms with Crippen molar-refractivity contribution in [2.75, 3.05) is 0 Å². The van der Waals surface area contributed by atoms with Crippen molar-refractivity contribution < 1.29 is 5.11 Å². The second-order valence-corrected chi connectivity index (χ2v) is 6.41. The lowest BCUT2D eigenvalue weighted by Crippen LogP contribution is -2.11. The fourth-order valence-corrected chi connectivity index (χ4v) is 2.40. The maximum atomic E-state index is 9.35. The summed E-state index contributed by atoms with van der Waals surface area (Å²) in [5.41, 5.74) is 5.65. The molecular formula is C17H24N2O. The lowest BCUT2D eigenvalue weighted by Gasteiger charge is -2.19. The van der Waals surface area contributed by atoms with Gasteiger partial charge in [-0.3, -0.25) is 4.68 Å². The number of hydrogen-bond acceptors (Lipinski definition) is 2. The van der Waals surface area contributed by atoms with Gasteiger partial charge in [-0.05, 0) is 30.4 Å². The molecule has 1 N–H and O–H groups in total. The van der Waals surface area contributed by atoms with Gasteiger partial charge in [-0.2, -0.15) is 5.10 Å². The van der Waals surface area contributed by atoms with Crippen LogP contribution in [0.25, 0.3) is 0 Å². The normalized spacial score (nSPS) is 11.9. The average Bonchev–Trinajstić information content (AvgIpc) is 2.63. The van der Waals surface area contributed by atoms with Crippen molar-refractivity contribution in [2.24, 2.45) is 0 Å². The van der Waals surface area contributed by atoms with Crippen molar-refractivity contribution >= 4 is 0 Å². The number of aryl methyl sites for hydroxylation is 1. The highest BCUT2D eigenvalue weighted by molar-refractivity contribution is 5.29. The van der Waals surface area contributed by atoms with Crippen LogP contribution in [0.3, 0.4) is 0 Å². The molecule has 0 spiro atoms. The molecule has 0 radical (unpaired) electrons. The van der Waals surface area contributed by atoms with E-state index in [0.717, 1.165) is 23.5 Å². The zero-order chi connectivity index (χ0) is 14.9. The largest absolute Gasteiger partial charge is 0.392 e. The molecule has 0 bridgehead atoms. The molecule has 1 aromatic carbocycles. The number of benzene rings is 1. The summed E-state index contributed by atoms with van der Waals surface area (Å²) in [6.07, 6.45) is 0. The first-order valence-electron chi connectivity index (χ1n) is 7.06. The first-order chi connectivity index (χ1) is 9.32. The quantitative estimate of drug-likeness (QED) is 0.930. The summed E-state index contributed by atoms with van der Waals surface area (Å²) in [6, 6.07) is 8.70. The lowest BCUT2D eigenvalue weighted by atomic mass is 9.87. The molecule has 0 fully saturated rings. The predicted molar refractivity (Wildman–Crippen MR) is 81.9 cm³/mol. The van der Waals surface area contributed by atoms with E-state index < -0.39 is 0 Å². The molecule has 0 aliphatic heterocycles. The van der Waals surface area contributed by atoms with Crippen molar-refractivity contribution in [3.63, 3.8) is 0 Å². The van der Waals surface area contributed by atoms with Gasteiger partial charge in [0.2, 0.25) is 0 Å². The Balaban J connectivity index is 2.23. The van der Waals surface area contributed by atoms with E-state index in [-0.39, 0.29) is 12.0 Å². The molecule has 1 aromatic heterocycles. The fourth-order valence-electron chi connectivity index (χ4n) is 2.40. The standard InChI is InChI=1S/C17H24N2O/c1-12-16(11-20)13(2)19(18-12)10-14-6-8-15(9-7-14)17(3,4)5/h6-9,20H,10-11H2,1-5H3. The van der Waals surface area contributed by atoms with Gasteiger partial charge in [-0.15, -0.1) is 0 Å². The van der Waals surface area contributed by atoms with Gasteiger partial charge in [0.15, 0.2) is 0 Å². The minimum Gasteiger partial charge on any atom is -0.392 e. The van der Waals surface area contributed by atoms with Crippen molar-refractivity contribution in [1.29, 1.82) is 0 Å². The maximum Gasteiger partial charge on any atom is 0.0718 e. The number of aromatic nitrogens is 2. The molecule has 0 amide bonds. The molecule has 108 valence electrons.